The van der Waals surface area contributed by atoms with Gasteiger partial charge >= 0.3 is 0 Å². The molecule has 3 aromatic rings. The Morgan fingerprint density at radius 1 is 1.00 bits per heavy atom. The SMILES string of the molecule is COc1c(OCCCNCCCc2ccccc2)cccc1C1OC(CC(=O)N2CCC(O)CC2)C(=O)N(CC(C)(C)C)c2ccc(Cl)cc21. The smallest absolute Gasteiger partial charge is 0.256 e. The highest BCUT2D eigenvalue weighted by molar-refractivity contribution is 6.30. The number of para-hydroxylation sites is 1. The molecule has 1 saturated heterocycles. The van der Waals surface area contributed by atoms with Crippen LogP contribution in [0.4, 0.5) is 5.69 Å². The first kappa shape index (κ1) is 37.6. The molecule has 0 aromatic heterocycles. The summed E-state index contributed by atoms with van der Waals surface area (Å²) in [5, 5.41) is 14.0. The molecule has 2 N–H and O–H groups in total. The molecule has 0 spiro atoms. The van der Waals surface area contributed by atoms with Crippen molar-refractivity contribution in [3.63, 3.8) is 0 Å². The van der Waals surface area contributed by atoms with Gasteiger partial charge in [0.05, 0.1) is 26.2 Å². The van der Waals surface area contributed by atoms with Crippen LogP contribution in [-0.4, -0.2) is 80.5 Å². The molecule has 270 valence electrons. The number of amides is 2. The van der Waals surface area contributed by atoms with Crippen molar-refractivity contribution in [3.05, 3.63) is 88.4 Å². The van der Waals surface area contributed by atoms with Crippen molar-refractivity contribution in [1.29, 1.82) is 0 Å². The van der Waals surface area contributed by atoms with Crippen molar-refractivity contribution >= 4 is 29.1 Å². The maximum atomic E-state index is 14.4. The van der Waals surface area contributed by atoms with Crippen LogP contribution < -0.4 is 19.7 Å². The van der Waals surface area contributed by atoms with Gasteiger partial charge in [-0.05, 0) is 80.4 Å². The minimum absolute atomic E-state index is 0.120. The van der Waals surface area contributed by atoms with Crippen LogP contribution in [0, 0.1) is 5.41 Å². The largest absolute Gasteiger partial charge is 0.492 e. The van der Waals surface area contributed by atoms with E-state index < -0.39 is 18.3 Å². The van der Waals surface area contributed by atoms with Gasteiger partial charge in [-0.2, -0.15) is 0 Å². The number of anilines is 1. The number of hydrogen-bond acceptors (Lipinski definition) is 7. The third-order valence-electron chi connectivity index (χ3n) is 9.13. The van der Waals surface area contributed by atoms with E-state index in [2.05, 4.69) is 50.4 Å². The highest BCUT2D eigenvalue weighted by Gasteiger charge is 2.41. The highest BCUT2D eigenvalue weighted by Crippen LogP contribution is 2.46. The minimum atomic E-state index is -1.06. The normalized spacial score (nSPS) is 18.5. The van der Waals surface area contributed by atoms with Crippen molar-refractivity contribution in [2.75, 3.05) is 51.3 Å². The lowest BCUT2D eigenvalue weighted by Crippen LogP contribution is -2.47. The van der Waals surface area contributed by atoms with E-state index in [0.29, 0.717) is 72.4 Å². The number of likely N-dealkylation sites (tertiary alicyclic amines) is 1. The number of nitrogens with zero attached hydrogens (tertiary/aromatic N) is 2. The molecular formula is C40H52ClN3O6. The van der Waals surface area contributed by atoms with Crippen molar-refractivity contribution in [2.45, 2.75) is 77.6 Å². The Labute approximate surface area is 301 Å². The molecule has 0 aliphatic carbocycles. The molecule has 2 unspecified atom stereocenters. The Kier molecular flexibility index (Phi) is 13.2. The molecule has 10 heteroatoms. The van der Waals surface area contributed by atoms with E-state index in [0.717, 1.165) is 32.4 Å². The lowest BCUT2D eigenvalue weighted by molar-refractivity contribution is -0.144. The van der Waals surface area contributed by atoms with E-state index >= 15 is 0 Å². The lowest BCUT2D eigenvalue weighted by Gasteiger charge is -2.33. The second-order valence-electron chi connectivity index (χ2n) is 14.4. The van der Waals surface area contributed by atoms with Crippen LogP contribution in [0.15, 0.2) is 66.7 Å². The Bertz CT molecular complexity index is 1570. The summed E-state index contributed by atoms with van der Waals surface area (Å²) in [4.78, 5) is 31.4. The number of ether oxygens (including phenoxy) is 3. The van der Waals surface area contributed by atoms with Crippen LogP contribution in [0.25, 0.3) is 0 Å². The first-order valence-electron chi connectivity index (χ1n) is 17.8. The molecule has 5 rings (SSSR count). The Morgan fingerprint density at radius 2 is 1.74 bits per heavy atom. The fourth-order valence-electron chi connectivity index (χ4n) is 6.62. The molecule has 0 saturated carbocycles. The quantitative estimate of drug-likeness (QED) is 0.183. The topological polar surface area (TPSA) is 101 Å². The third-order valence-corrected chi connectivity index (χ3v) is 9.36. The summed E-state index contributed by atoms with van der Waals surface area (Å²) in [7, 11) is 1.60. The van der Waals surface area contributed by atoms with Gasteiger partial charge in [0, 0.05) is 41.5 Å². The van der Waals surface area contributed by atoms with Crippen LogP contribution in [0.5, 0.6) is 11.5 Å². The van der Waals surface area contributed by atoms with Crippen LogP contribution in [0.3, 0.4) is 0 Å². The number of rotatable bonds is 14. The van der Waals surface area contributed by atoms with Crippen LogP contribution >= 0.6 is 11.6 Å². The standard InChI is InChI=1S/C40H52ClN3O6/c1-40(2,3)27-44-33-17-16-29(41)25-32(33)37(50-35(39(44)47)26-36(46)43-22-18-30(45)19-23-43)31-14-8-15-34(38(31)48-4)49-24-10-21-42-20-9-13-28-11-6-5-7-12-28/h5-8,11-12,14-17,25,30,35,37,42,45H,9-10,13,18-24,26-27H2,1-4H3. The van der Waals surface area contributed by atoms with Gasteiger partial charge in [-0.25, -0.2) is 0 Å². The summed E-state index contributed by atoms with van der Waals surface area (Å²) in [5.74, 6) is 0.624. The molecule has 9 nitrogen and oxygen atoms in total. The van der Waals surface area contributed by atoms with Crippen molar-refractivity contribution in [1.82, 2.24) is 10.2 Å². The number of methoxy groups -OCH3 is 1. The van der Waals surface area contributed by atoms with E-state index in [1.165, 1.54) is 5.56 Å². The first-order chi connectivity index (χ1) is 24.0. The molecule has 2 heterocycles. The van der Waals surface area contributed by atoms with E-state index in [-0.39, 0.29) is 23.7 Å². The molecule has 3 aromatic carbocycles. The number of aliphatic hydroxyl groups excluding tert-OH is 1. The van der Waals surface area contributed by atoms with E-state index in [1.54, 1.807) is 23.0 Å². The third kappa shape index (κ3) is 10.00. The number of fused-ring (bicyclic) bond motifs is 1. The van der Waals surface area contributed by atoms with Gasteiger partial charge in [0.1, 0.15) is 12.2 Å². The predicted octanol–water partition coefficient (Wildman–Crippen LogP) is 6.58. The second kappa shape index (κ2) is 17.5. The summed E-state index contributed by atoms with van der Waals surface area (Å²) < 4.78 is 19.0. The Morgan fingerprint density at radius 3 is 2.46 bits per heavy atom. The summed E-state index contributed by atoms with van der Waals surface area (Å²) in [5.41, 5.74) is 3.17. The molecule has 2 aliphatic heterocycles. The van der Waals surface area contributed by atoms with Gasteiger partial charge < -0.3 is 34.4 Å². The number of nitrogens with one attached hydrogen (secondary N) is 1. The van der Waals surface area contributed by atoms with E-state index in [4.69, 9.17) is 25.8 Å². The number of carbonyl (C=O) groups is 2. The van der Waals surface area contributed by atoms with Crippen LogP contribution in [-0.2, 0) is 20.7 Å². The molecule has 2 atom stereocenters. The number of benzene rings is 3. The van der Waals surface area contributed by atoms with Gasteiger partial charge in [0.2, 0.25) is 5.91 Å². The Balaban J connectivity index is 1.35. The van der Waals surface area contributed by atoms with E-state index in [9.17, 15) is 14.7 Å². The zero-order valence-electron chi connectivity index (χ0n) is 29.8. The summed E-state index contributed by atoms with van der Waals surface area (Å²) in [6.07, 6.45) is 1.59. The van der Waals surface area contributed by atoms with Gasteiger partial charge in [0.25, 0.3) is 5.91 Å². The number of aliphatic hydroxyl groups is 1. The van der Waals surface area contributed by atoms with Crippen LogP contribution in [0.1, 0.15) is 75.7 Å². The van der Waals surface area contributed by atoms with Gasteiger partial charge in [0.15, 0.2) is 11.5 Å². The molecule has 2 aliphatic rings. The number of piperidine rings is 1. The van der Waals surface area contributed by atoms with Gasteiger partial charge in [-0.1, -0.05) is 74.8 Å². The van der Waals surface area contributed by atoms with Crippen molar-refractivity contribution in [3.8, 4) is 11.5 Å². The summed E-state index contributed by atoms with van der Waals surface area (Å²) >= 11 is 6.60. The molecule has 2 amide bonds. The molecule has 50 heavy (non-hydrogen) atoms. The number of carbonyl (C=O) groups excluding carboxylic acids is 2. The first-order valence-corrected chi connectivity index (χ1v) is 18.2. The zero-order chi connectivity index (χ0) is 35.7. The van der Waals surface area contributed by atoms with Crippen molar-refractivity contribution in [2.24, 2.45) is 5.41 Å². The lowest BCUT2D eigenvalue weighted by atomic mass is 9.94. The average molecular weight is 706 g/mol. The maximum absolute atomic E-state index is 14.4. The van der Waals surface area contributed by atoms with Gasteiger partial charge in [-0.15, -0.1) is 0 Å². The predicted molar refractivity (Wildman–Crippen MR) is 197 cm³/mol. The molecule has 0 radical (unpaired) electrons. The van der Waals surface area contributed by atoms with Crippen LogP contribution in [0.2, 0.25) is 5.02 Å². The maximum Gasteiger partial charge on any atom is 0.256 e. The van der Waals surface area contributed by atoms with Gasteiger partial charge in [-0.3, -0.25) is 9.59 Å². The number of aryl methyl sites for hydroxylation is 1. The van der Waals surface area contributed by atoms with E-state index in [1.807, 2.05) is 36.4 Å². The molecule has 1 fully saturated rings. The average Bonchev–Trinajstić information content (AvgIpc) is 3.19. The zero-order valence-corrected chi connectivity index (χ0v) is 30.6. The molecular weight excluding hydrogens is 654 g/mol. The second-order valence-corrected chi connectivity index (χ2v) is 14.9. The minimum Gasteiger partial charge on any atom is -0.492 e. The molecule has 0 bridgehead atoms. The highest BCUT2D eigenvalue weighted by atomic mass is 35.5. The fourth-order valence-corrected chi connectivity index (χ4v) is 6.80. The number of hydrogen-bond donors (Lipinski definition) is 2. The monoisotopic (exact) mass is 705 g/mol. The summed E-state index contributed by atoms with van der Waals surface area (Å²) in [6.45, 7) is 9.77. The summed E-state index contributed by atoms with van der Waals surface area (Å²) in [6, 6.07) is 21.6. The van der Waals surface area contributed by atoms with Crippen molar-refractivity contribution < 1.29 is 28.9 Å². The fraction of sp³-hybridized carbons (Fsp3) is 0.500. The number of halogens is 1. The Hall–Kier alpha value is -3.63.